The van der Waals surface area contributed by atoms with Crippen molar-refractivity contribution in [2.45, 2.75) is 13.8 Å². The van der Waals surface area contributed by atoms with Gasteiger partial charge in [-0.1, -0.05) is 0 Å². The highest BCUT2D eigenvalue weighted by molar-refractivity contribution is 5.50. The van der Waals surface area contributed by atoms with E-state index in [0.29, 0.717) is 13.2 Å². The van der Waals surface area contributed by atoms with E-state index in [4.69, 9.17) is 9.47 Å². The van der Waals surface area contributed by atoms with Crippen LogP contribution < -0.4 is 9.47 Å². The van der Waals surface area contributed by atoms with Crippen LogP contribution in [0.15, 0.2) is 0 Å². The van der Waals surface area contributed by atoms with Crippen LogP contribution in [-0.2, 0) is 7.05 Å². The van der Waals surface area contributed by atoms with Gasteiger partial charge < -0.3 is 14.0 Å². The number of nitrogens with zero attached hydrogens (tertiary/aromatic N) is 1. The minimum absolute atomic E-state index is 0.664. The molecule has 3 nitrogen and oxygen atoms in total. The fourth-order valence-corrected chi connectivity index (χ4v) is 1.51. The zero-order valence-corrected chi connectivity index (χ0v) is 7.68. The Morgan fingerprint density at radius 2 is 1.42 bits per heavy atom. The van der Waals surface area contributed by atoms with Crippen molar-refractivity contribution in [3.05, 3.63) is 11.4 Å². The third-order valence-electron chi connectivity index (χ3n) is 2.45. The Kier molecular flexibility index (Phi) is 1.53. The molecule has 1 aliphatic rings. The van der Waals surface area contributed by atoms with E-state index in [1.165, 1.54) is 0 Å². The van der Waals surface area contributed by atoms with Crippen molar-refractivity contribution >= 4 is 0 Å². The maximum absolute atomic E-state index is 5.51. The first-order chi connectivity index (χ1) is 5.72. The molecule has 0 fully saturated rings. The minimum Gasteiger partial charge on any atom is -0.484 e. The fourth-order valence-electron chi connectivity index (χ4n) is 1.51. The summed E-state index contributed by atoms with van der Waals surface area (Å²) in [7, 11) is 2.02. The Morgan fingerprint density at radius 3 is 1.83 bits per heavy atom. The highest BCUT2D eigenvalue weighted by atomic mass is 16.6. The van der Waals surface area contributed by atoms with E-state index in [2.05, 4.69) is 4.57 Å². The molecule has 0 bridgehead atoms. The summed E-state index contributed by atoms with van der Waals surface area (Å²) in [6.45, 7) is 5.41. The minimum atomic E-state index is 0.664. The molecule has 0 N–H and O–H groups in total. The molecule has 0 aliphatic carbocycles. The summed E-state index contributed by atoms with van der Waals surface area (Å²) in [4.78, 5) is 0. The molecule has 3 heteroatoms. The van der Waals surface area contributed by atoms with Gasteiger partial charge >= 0.3 is 0 Å². The lowest BCUT2D eigenvalue weighted by Crippen LogP contribution is -2.14. The van der Waals surface area contributed by atoms with Crippen LogP contribution in [0, 0.1) is 13.8 Å². The van der Waals surface area contributed by atoms with E-state index in [1.807, 2.05) is 20.9 Å². The second-order valence-corrected chi connectivity index (χ2v) is 3.09. The van der Waals surface area contributed by atoms with Crippen LogP contribution in [0.4, 0.5) is 0 Å². The molecule has 0 unspecified atom stereocenters. The Labute approximate surface area is 71.9 Å². The summed E-state index contributed by atoms with van der Waals surface area (Å²) in [6, 6.07) is 0. The van der Waals surface area contributed by atoms with E-state index in [-0.39, 0.29) is 0 Å². The molecule has 0 saturated heterocycles. The molecule has 12 heavy (non-hydrogen) atoms. The molecule has 1 aliphatic heterocycles. The maximum Gasteiger partial charge on any atom is 0.182 e. The van der Waals surface area contributed by atoms with Gasteiger partial charge in [0.25, 0.3) is 0 Å². The van der Waals surface area contributed by atoms with E-state index in [1.54, 1.807) is 0 Å². The number of rotatable bonds is 0. The first-order valence-electron chi connectivity index (χ1n) is 4.13. The molecular formula is C9H13NO2. The van der Waals surface area contributed by atoms with Crippen LogP contribution in [-0.4, -0.2) is 17.8 Å². The largest absolute Gasteiger partial charge is 0.484 e. The topological polar surface area (TPSA) is 23.4 Å². The summed E-state index contributed by atoms with van der Waals surface area (Å²) in [5, 5.41) is 0. The lowest BCUT2D eigenvalue weighted by atomic mass is 10.3. The van der Waals surface area contributed by atoms with E-state index in [9.17, 15) is 0 Å². The number of fused-ring (bicyclic) bond motifs is 1. The van der Waals surface area contributed by atoms with Crippen LogP contribution in [0.5, 0.6) is 11.5 Å². The van der Waals surface area contributed by atoms with Gasteiger partial charge in [-0.15, -0.1) is 0 Å². The summed E-state index contributed by atoms with van der Waals surface area (Å²) < 4.78 is 13.1. The molecule has 0 radical (unpaired) electrons. The zero-order chi connectivity index (χ0) is 8.72. The Balaban J connectivity index is 2.60. The van der Waals surface area contributed by atoms with Gasteiger partial charge in [-0.05, 0) is 13.8 Å². The lowest BCUT2D eigenvalue weighted by Gasteiger charge is -2.15. The van der Waals surface area contributed by atoms with Crippen molar-refractivity contribution in [3.63, 3.8) is 0 Å². The smallest absolute Gasteiger partial charge is 0.182 e. The zero-order valence-electron chi connectivity index (χ0n) is 7.68. The maximum atomic E-state index is 5.51. The molecule has 0 amide bonds. The van der Waals surface area contributed by atoms with E-state index < -0.39 is 0 Å². The average Bonchev–Trinajstić information content (AvgIpc) is 2.33. The predicted molar refractivity (Wildman–Crippen MR) is 45.9 cm³/mol. The molecule has 0 aromatic carbocycles. The standard InChI is InChI=1S/C9H13NO2/c1-6-8-9(7(2)10(6)3)12-5-4-11-8/h4-5H2,1-3H3. The fraction of sp³-hybridized carbons (Fsp3) is 0.556. The molecule has 2 rings (SSSR count). The van der Waals surface area contributed by atoms with Crippen molar-refractivity contribution in [3.8, 4) is 11.5 Å². The van der Waals surface area contributed by atoms with Crippen LogP contribution >= 0.6 is 0 Å². The van der Waals surface area contributed by atoms with Crippen LogP contribution in [0.1, 0.15) is 11.4 Å². The normalized spacial score (nSPS) is 14.9. The van der Waals surface area contributed by atoms with Crippen LogP contribution in [0.3, 0.4) is 0 Å². The number of aromatic nitrogens is 1. The van der Waals surface area contributed by atoms with Crippen LogP contribution in [0.25, 0.3) is 0 Å². The first-order valence-corrected chi connectivity index (χ1v) is 4.13. The summed E-state index contributed by atoms with van der Waals surface area (Å²) >= 11 is 0. The van der Waals surface area contributed by atoms with Crippen molar-refractivity contribution in [1.29, 1.82) is 0 Å². The van der Waals surface area contributed by atoms with Crippen molar-refractivity contribution < 1.29 is 9.47 Å². The van der Waals surface area contributed by atoms with Crippen LogP contribution in [0.2, 0.25) is 0 Å². The third-order valence-corrected chi connectivity index (χ3v) is 2.45. The Bertz CT molecular complexity index is 285. The molecule has 1 aromatic rings. The van der Waals surface area contributed by atoms with Gasteiger partial charge in [-0.25, -0.2) is 0 Å². The van der Waals surface area contributed by atoms with Gasteiger partial charge in [-0.2, -0.15) is 0 Å². The number of hydrogen-bond acceptors (Lipinski definition) is 2. The van der Waals surface area contributed by atoms with Gasteiger partial charge in [0.2, 0.25) is 0 Å². The Hall–Kier alpha value is -1.12. The number of ether oxygens (including phenoxy) is 2. The first kappa shape index (κ1) is 7.53. The van der Waals surface area contributed by atoms with Gasteiger partial charge in [0.05, 0.1) is 11.4 Å². The monoisotopic (exact) mass is 167 g/mol. The number of hydrogen-bond donors (Lipinski definition) is 0. The second-order valence-electron chi connectivity index (χ2n) is 3.09. The quantitative estimate of drug-likeness (QED) is 0.583. The summed E-state index contributed by atoms with van der Waals surface area (Å²) in [5.41, 5.74) is 2.28. The summed E-state index contributed by atoms with van der Waals surface area (Å²) in [6.07, 6.45) is 0. The SMILES string of the molecule is Cc1c2c(c(C)n1C)OCCO2. The highest BCUT2D eigenvalue weighted by Gasteiger charge is 2.21. The van der Waals surface area contributed by atoms with Crippen molar-refractivity contribution in [1.82, 2.24) is 4.57 Å². The molecule has 0 atom stereocenters. The van der Waals surface area contributed by atoms with Crippen molar-refractivity contribution in [2.75, 3.05) is 13.2 Å². The lowest BCUT2D eigenvalue weighted by molar-refractivity contribution is 0.171. The average molecular weight is 167 g/mol. The van der Waals surface area contributed by atoms with Gasteiger partial charge in [-0.3, -0.25) is 0 Å². The molecule has 2 heterocycles. The van der Waals surface area contributed by atoms with Gasteiger partial charge in [0, 0.05) is 7.05 Å². The van der Waals surface area contributed by atoms with Gasteiger partial charge in [0.15, 0.2) is 11.5 Å². The predicted octanol–water partition coefficient (Wildman–Crippen LogP) is 1.41. The highest BCUT2D eigenvalue weighted by Crippen LogP contribution is 2.38. The molecule has 0 spiro atoms. The molecule has 1 aromatic heterocycles. The van der Waals surface area contributed by atoms with E-state index in [0.717, 1.165) is 22.9 Å². The Morgan fingerprint density at radius 1 is 1.00 bits per heavy atom. The second kappa shape index (κ2) is 2.44. The molecule has 66 valence electrons. The molecule has 0 saturated carbocycles. The third kappa shape index (κ3) is 0.823. The molecular weight excluding hydrogens is 154 g/mol. The van der Waals surface area contributed by atoms with Crippen molar-refractivity contribution in [2.24, 2.45) is 7.05 Å². The summed E-state index contributed by atoms with van der Waals surface area (Å²) in [5.74, 6) is 1.84. The van der Waals surface area contributed by atoms with E-state index >= 15 is 0 Å². The van der Waals surface area contributed by atoms with Gasteiger partial charge in [0.1, 0.15) is 13.2 Å².